The first-order valence-electron chi connectivity index (χ1n) is 6.51. The molecule has 0 bridgehead atoms. The van der Waals surface area contributed by atoms with Crippen molar-refractivity contribution in [3.05, 3.63) is 69.8 Å². The second-order valence-electron chi connectivity index (χ2n) is 4.54. The van der Waals surface area contributed by atoms with E-state index in [0.717, 1.165) is 21.9 Å². The van der Waals surface area contributed by atoms with E-state index in [2.05, 4.69) is 5.10 Å². The lowest BCUT2D eigenvalue weighted by Crippen LogP contribution is -2.22. The van der Waals surface area contributed by atoms with E-state index in [-0.39, 0.29) is 5.56 Å². The molecule has 3 aromatic rings. The summed E-state index contributed by atoms with van der Waals surface area (Å²) < 4.78 is 6.68. The Kier molecular flexibility index (Phi) is 3.83. The summed E-state index contributed by atoms with van der Waals surface area (Å²) in [6, 6.07) is 14.9. The topological polar surface area (TPSA) is 44.1 Å². The van der Waals surface area contributed by atoms with Gasteiger partial charge in [-0.2, -0.15) is 5.10 Å². The highest BCUT2D eigenvalue weighted by Gasteiger charge is 2.05. The quantitative estimate of drug-likeness (QED) is 0.743. The summed E-state index contributed by atoms with van der Waals surface area (Å²) in [7, 11) is 1.63. The third kappa shape index (κ3) is 3.03. The van der Waals surface area contributed by atoms with Crippen molar-refractivity contribution in [1.82, 2.24) is 9.78 Å². The Morgan fingerprint density at radius 2 is 2.10 bits per heavy atom. The van der Waals surface area contributed by atoms with Gasteiger partial charge in [0, 0.05) is 6.07 Å². The van der Waals surface area contributed by atoms with Crippen LogP contribution in [0.5, 0.6) is 5.75 Å². The zero-order valence-electron chi connectivity index (χ0n) is 11.5. The first-order chi connectivity index (χ1) is 10.3. The molecule has 0 atom stereocenters. The predicted octanol–water partition coefficient (Wildman–Crippen LogP) is 3.03. The SMILES string of the molecule is COc1cccc(Cn2nc(-c3cccs3)ccc2=O)c1. The van der Waals surface area contributed by atoms with Crippen LogP contribution in [0.3, 0.4) is 0 Å². The van der Waals surface area contributed by atoms with Crippen molar-refractivity contribution in [1.29, 1.82) is 0 Å². The number of hydrogen-bond acceptors (Lipinski definition) is 4. The standard InChI is InChI=1S/C16H14N2O2S/c1-20-13-5-2-4-12(10-13)11-18-16(19)8-7-14(17-18)15-6-3-9-21-15/h2-10H,11H2,1H3. The van der Waals surface area contributed by atoms with Gasteiger partial charge >= 0.3 is 0 Å². The van der Waals surface area contributed by atoms with Crippen molar-refractivity contribution in [2.75, 3.05) is 7.11 Å². The highest BCUT2D eigenvalue weighted by Crippen LogP contribution is 2.21. The molecule has 106 valence electrons. The maximum atomic E-state index is 12.0. The van der Waals surface area contributed by atoms with Gasteiger partial charge in [0.15, 0.2) is 0 Å². The molecular weight excluding hydrogens is 284 g/mol. The zero-order chi connectivity index (χ0) is 14.7. The highest BCUT2D eigenvalue weighted by atomic mass is 32.1. The molecule has 1 aromatic carbocycles. The lowest BCUT2D eigenvalue weighted by Gasteiger charge is -2.07. The minimum absolute atomic E-state index is 0.113. The van der Waals surface area contributed by atoms with Gasteiger partial charge in [-0.1, -0.05) is 18.2 Å². The molecule has 2 heterocycles. The summed E-state index contributed by atoms with van der Waals surface area (Å²) in [5.74, 6) is 0.773. The van der Waals surface area contributed by atoms with Crippen LogP contribution in [-0.2, 0) is 6.54 Å². The van der Waals surface area contributed by atoms with Gasteiger partial charge in [-0.3, -0.25) is 4.79 Å². The molecular formula is C16H14N2O2S. The largest absolute Gasteiger partial charge is 0.497 e. The molecule has 0 spiro atoms. The number of ether oxygens (including phenoxy) is 1. The van der Waals surface area contributed by atoms with Crippen LogP contribution in [0.1, 0.15) is 5.56 Å². The Hall–Kier alpha value is -2.40. The summed E-state index contributed by atoms with van der Waals surface area (Å²) in [5, 5.41) is 6.43. The average Bonchev–Trinajstić information content (AvgIpc) is 3.04. The number of hydrogen-bond donors (Lipinski definition) is 0. The van der Waals surface area contributed by atoms with Crippen molar-refractivity contribution in [3.63, 3.8) is 0 Å². The average molecular weight is 298 g/mol. The summed E-state index contributed by atoms with van der Waals surface area (Å²) in [5.41, 5.74) is 1.68. The van der Waals surface area contributed by atoms with E-state index < -0.39 is 0 Å². The Labute approximate surface area is 126 Å². The molecule has 3 rings (SSSR count). The van der Waals surface area contributed by atoms with E-state index in [1.807, 2.05) is 41.8 Å². The number of nitrogens with zero attached hydrogens (tertiary/aromatic N) is 2. The summed E-state index contributed by atoms with van der Waals surface area (Å²) in [6.45, 7) is 0.426. The molecule has 0 N–H and O–H groups in total. The monoisotopic (exact) mass is 298 g/mol. The maximum absolute atomic E-state index is 12.0. The fraction of sp³-hybridized carbons (Fsp3) is 0.125. The molecule has 5 heteroatoms. The summed E-state index contributed by atoms with van der Waals surface area (Å²) >= 11 is 1.61. The second kappa shape index (κ2) is 5.93. The number of aromatic nitrogens is 2. The normalized spacial score (nSPS) is 10.5. The van der Waals surface area contributed by atoms with Gasteiger partial charge in [0.1, 0.15) is 11.4 Å². The molecule has 4 nitrogen and oxygen atoms in total. The molecule has 0 fully saturated rings. The fourth-order valence-electron chi connectivity index (χ4n) is 2.06. The molecule has 0 aliphatic heterocycles. The van der Waals surface area contributed by atoms with Gasteiger partial charge in [-0.25, -0.2) is 4.68 Å². The number of thiophene rings is 1. The van der Waals surface area contributed by atoms with Crippen LogP contribution < -0.4 is 10.3 Å². The minimum Gasteiger partial charge on any atom is -0.497 e. The van der Waals surface area contributed by atoms with E-state index in [4.69, 9.17) is 4.74 Å². The maximum Gasteiger partial charge on any atom is 0.267 e. The number of methoxy groups -OCH3 is 1. The molecule has 0 aliphatic rings. The first kappa shape index (κ1) is 13.6. The summed E-state index contributed by atoms with van der Waals surface area (Å²) in [4.78, 5) is 13.0. The van der Waals surface area contributed by atoms with Crippen molar-refractivity contribution in [2.45, 2.75) is 6.54 Å². The van der Waals surface area contributed by atoms with Crippen molar-refractivity contribution in [2.24, 2.45) is 0 Å². The molecule has 2 aromatic heterocycles. The van der Waals surface area contributed by atoms with Crippen LogP contribution in [0.2, 0.25) is 0 Å². The molecule has 0 amide bonds. The van der Waals surface area contributed by atoms with Gasteiger partial charge in [0.25, 0.3) is 5.56 Å². The van der Waals surface area contributed by atoms with E-state index in [1.165, 1.54) is 4.68 Å². The second-order valence-corrected chi connectivity index (χ2v) is 5.49. The van der Waals surface area contributed by atoms with Gasteiger partial charge < -0.3 is 4.74 Å². The van der Waals surface area contributed by atoms with Crippen LogP contribution in [0.25, 0.3) is 10.6 Å². The van der Waals surface area contributed by atoms with E-state index in [9.17, 15) is 4.79 Å². The zero-order valence-corrected chi connectivity index (χ0v) is 12.3. The smallest absolute Gasteiger partial charge is 0.267 e. The van der Waals surface area contributed by atoms with E-state index in [0.29, 0.717) is 6.54 Å². The molecule has 0 unspecified atom stereocenters. The predicted molar refractivity (Wildman–Crippen MR) is 83.9 cm³/mol. The van der Waals surface area contributed by atoms with E-state index in [1.54, 1.807) is 30.6 Å². The molecule has 21 heavy (non-hydrogen) atoms. The molecule has 0 aliphatic carbocycles. The minimum atomic E-state index is -0.113. The van der Waals surface area contributed by atoms with Crippen molar-refractivity contribution < 1.29 is 4.74 Å². The van der Waals surface area contributed by atoms with Gasteiger partial charge in [-0.05, 0) is 35.2 Å². The first-order valence-corrected chi connectivity index (χ1v) is 7.39. The van der Waals surface area contributed by atoms with Crippen LogP contribution >= 0.6 is 11.3 Å². The molecule has 0 saturated carbocycles. The Morgan fingerprint density at radius 1 is 1.19 bits per heavy atom. The van der Waals surface area contributed by atoms with Gasteiger partial charge in [0.2, 0.25) is 0 Å². The molecule has 0 saturated heterocycles. The molecule has 0 radical (unpaired) electrons. The van der Waals surface area contributed by atoms with Crippen LogP contribution in [0.15, 0.2) is 58.7 Å². The number of rotatable bonds is 4. The fourth-order valence-corrected chi connectivity index (χ4v) is 2.75. The number of benzene rings is 1. The Morgan fingerprint density at radius 3 is 2.86 bits per heavy atom. The van der Waals surface area contributed by atoms with Crippen LogP contribution in [0, 0.1) is 0 Å². The third-order valence-electron chi connectivity index (χ3n) is 3.11. The van der Waals surface area contributed by atoms with Crippen LogP contribution in [-0.4, -0.2) is 16.9 Å². The van der Waals surface area contributed by atoms with Gasteiger partial charge in [0.05, 0.1) is 18.5 Å². The summed E-state index contributed by atoms with van der Waals surface area (Å²) in [6.07, 6.45) is 0. The van der Waals surface area contributed by atoms with E-state index >= 15 is 0 Å². The lowest BCUT2D eigenvalue weighted by atomic mass is 10.2. The van der Waals surface area contributed by atoms with Crippen LogP contribution in [0.4, 0.5) is 0 Å². The Bertz CT molecular complexity index is 794. The van der Waals surface area contributed by atoms with Crippen molar-refractivity contribution in [3.8, 4) is 16.3 Å². The van der Waals surface area contributed by atoms with Crippen molar-refractivity contribution >= 4 is 11.3 Å². The lowest BCUT2D eigenvalue weighted by molar-refractivity contribution is 0.414. The highest BCUT2D eigenvalue weighted by molar-refractivity contribution is 7.13. The Balaban J connectivity index is 1.94. The third-order valence-corrected chi connectivity index (χ3v) is 4.00. The van der Waals surface area contributed by atoms with Gasteiger partial charge in [-0.15, -0.1) is 11.3 Å².